The normalized spacial score (nSPS) is 15.5. The minimum Gasteiger partial charge on any atom is -0.382 e. The van der Waals surface area contributed by atoms with Gasteiger partial charge in [0.25, 0.3) is 5.91 Å². The number of amides is 1. The Morgan fingerprint density at radius 1 is 1.05 bits per heavy atom. The van der Waals surface area contributed by atoms with E-state index < -0.39 is 24.5 Å². The number of rotatable bonds is 7. The molecule has 4 aromatic rings. The third-order valence-corrected chi connectivity index (χ3v) is 7.23. The Hall–Kier alpha value is -4.01. The number of halogens is 4. The van der Waals surface area contributed by atoms with Crippen LogP contribution in [0.5, 0.6) is 0 Å². The maximum absolute atomic E-state index is 13.4. The molecule has 1 fully saturated rings. The molecule has 0 saturated carbocycles. The van der Waals surface area contributed by atoms with Crippen LogP contribution in [0.15, 0.2) is 59.7 Å². The van der Waals surface area contributed by atoms with Crippen LogP contribution in [0.2, 0.25) is 5.02 Å². The van der Waals surface area contributed by atoms with Crippen molar-refractivity contribution in [3.05, 3.63) is 81.8 Å². The van der Waals surface area contributed by atoms with Crippen molar-refractivity contribution >= 4 is 17.5 Å². The van der Waals surface area contributed by atoms with E-state index in [4.69, 9.17) is 11.6 Å². The van der Waals surface area contributed by atoms with Gasteiger partial charge in [-0.05, 0) is 56.4 Å². The number of carbonyl (C=O) groups excluding carboxylic acids is 1. The van der Waals surface area contributed by atoms with Crippen molar-refractivity contribution in [3.8, 4) is 17.1 Å². The molecule has 11 nitrogen and oxygen atoms in total. The molecule has 0 bridgehead atoms. The zero-order valence-electron chi connectivity index (χ0n) is 22.6. The average Bonchev–Trinajstić information content (AvgIpc) is 3.47. The number of aromatic nitrogens is 6. The number of aliphatic hydroxyl groups is 1. The zero-order chi connectivity index (χ0) is 30.0. The molecule has 0 unspecified atom stereocenters. The molecule has 42 heavy (non-hydrogen) atoms. The van der Waals surface area contributed by atoms with Gasteiger partial charge in [-0.3, -0.25) is 9.36 Å². The van der Waals surface area contributed by atoms with Gasteiger partial charge in [0.15, 0.2) is 17.8 Å². The summed E-state index contributed by atoms with van der Waals surface area (Å²) in [6.07, 6.45) is -5.47. The fourth-order valence-electron chi connectivity index (χ4n) is 4.69. The largest absolute Gasteiger partial charge is 0.416 e. The van der Waals surface area contributed by atoms with Crippen molar-refractivity contribution in [1.29, 1.82) is 0 Å². The van der Waals surface area contributed by atoms with Crippen molar-refractivity contribution in [2.24, 2.45) is 0 Å². The molecule has 1 aliphatic rings. The Morgan fingerprint density at radius 3 is 2.52 bits per heavy atom. The molecule has 0 aliphatic carbocycles. The summed E-state index contributed by atoms with van der Waals surface area (Å²) in [5, 5.41) is 18.8. The molecule has 3 heterocycles. The van der Waals surface area contributed by atoms with E-state index in [-0.39, 0.29) is 24.1 Å². The quantitative estimate of drug-likeness (QED) is 0.345. The number of hydrogen-bond donors (Lipinski definition) is 1. The van der Waals surface area contributed by atoms with E-state index in [2.05, 4.69) is 20.1 Å². The van der Waals surface area contributed by atoms with Crippen LogP contribution in [-0.4, -0.2) is 95.4 Å². The van der Waals surface area contributed by atoms with Gasteiger partial charge in [0, 0.05) is 30.2 Å². The Balaban J connectivity index is 1.44. The Labute approximate surface area is 243 Å². The average molecular weight is 605 g/mol. The number of carbonyl (C=O) groups is 1. The highest BCUT2D eigenvalue weighted by Crippen LogP contribution is 2.24. The van der Waals surface area contributed by atoms with Crippen molar-refractivity contribution in [2.45, 2.75) is 31.8 Å². The minimum absolute atomic E-state index is 0.0848. The van der Waals surface area contributed by atoms with E-state index in [0.29, 0.717) is 34.9 Å². The van der Waals surface area contributed by atoms with Crippen molar-refractivity contribution in [1.82, 2.24) is 38.9 Å². The van der Waals surface area contributed by atoms with E-state index >= 15 is 0 Å². The highest BCUT2D eigenvalue weighted by atomic mass is 35.5. The smallest absolute Gasteiger partial charge is 0.382 e. The number of hydrogen-bond acceptors (Lipinski definition) is 7. The zero-order valence-corrected chi connectivity index (χ0v) is 23.3. The van der Waals surface area contributed by atoms with Crippen LogP contribution in [-0.2, 0) is 13.1 Å². The minimum atomic E-state index is -4.94. The van der Waals surface area contributed by atoms with Gasteiger partial charge in [-0.25, -0.2) is 19.1 Å². The summed E-state index contributed by atoms with van der Waals surface area (Å²) in [4.78, 5) is 34.9. The highest BCUT2D eigenvalue weighted by molar-refractivity contribution is 6.30. The molecule has 1 amide bonds. The first kappa shape index (κ1) is 29.5. The Bertz CT molecular complexity index is 1620. The third-order valence-electron chi connectivity index (χ3n) is 6.98. The number of likely N-dealkylation sites (N-methyl/N-ethyl adjacent to an activating group) is 1. The van der Waals surface area contributed by atoms with Crippen LogP contribution in [0.4, 0.5) is 13.2 Å². The monoisotopic (exact) mass is 604 g/mol. The predicted octanol–water partition coefficient (Wildman–Crippen LogP) is 2.70. The van der Waals surface area contributed by atoms with Gasteiger partial charge in [0.05, 0.1) is 17.8 Å². The van der Waals surface area contributed by atoms with Gasteiger partial charge in [-0.2, -0.15) is 13.2 Å². The number of aliphatic hydroxyl groups excluding tert-OH is 1. The maximum Gasteiger partial charge on any atom is 0.416 e. The maximum atomic E-state index is 13.4. The molecule has 2 aromatic carbocycles. The summed E-state index contributed by atoms with van der Waals surface area (Å²) in [5.41, 5.74) is 0.370. The van der Waals surface area contributed by atoms with Gasteiger partial charge in [-0.15, -0.1) is 10.2 Å². The summed E-state index contributed by atoms with van der Waals surface area (Å²) in [5.74, 6) is -0.0818. The van der Waals surface area contributed by atoms with Crippen LogP contribution in [0, 0.1) is 0 Å². The second kappa shape index (κ2) is 12.1. The lowest BCUT2D eigenvalue weighted by atomic mass is 10.1. The molecule has 1 aliphatic heterocycles. The van der Waals surface area contributed by atoms with Gasteiger partial charge < -0.3 is 14.9 Å². The second-order valence-corrected chi connectivity index (χ2v) is 10.4. The van der Waals surface area contributed by atoms with Crippen molar-refractivity contribution < 1.29 is 23.1 Å². The lowest BCUT2D eigenvalue weighted by Crippen LogP contribution is -2.37. The summed E-state index contributed by atoms with van der Waals surface area (Å²) < 4.78 is 42.6. The summed E-state index contributed by atoms with van der Waals surface area (Å²) in [6, 6.07) is 13.0. The van der Waals surface area contributed by atoms with E-state index in [0.717, 1.165) is 28.8 Å². The molecular weight excluding hydrogens is 577 g/mol. The molecule has 1 saturated heterocycles. The van der Waals surface area contributed by atoms with E-state index in [1.54, 1.807) is 29.2 Å². The predicted molar refractivity (Wildman–Crippen MR) is 147 cm³/mol. The molecule has 5 rings (SSSR count). The van der Waals surface area contributed by atoms with Crippen molar-refractivity contribution in [3.63, 3.8) is 0 Å². The standard InChI is InChI=1S/C27H28ClF3N8O3/c1-35-11-4-12-36(14-13-35)25(41)20-5-2-3-6-21(20)39-17-32-23(33-39)16-38-26(42)37(15-22(40)27(29,30)31)24(34-38)18-7-9-19(28)10-8-18/h2-3,5-10,17,22,40H,4,11-16H2,1H3/t22-/m0/s1. The molecular formula is C27H28ClF3N8O3. The van der Waals surface area contributed by atoms with Gasteiger partial charge in [-0.1, -0.05) is 23.7 Å². The molecule has 15 heteroatoms. The molecule has 0 radical (unpaired) electrons. The molecule has 0 spiro atoms. The number of para-hydroxylation sites is 1. The number of nitrogens with zero attached hydrogens (tertiary/aromatic N) is 8. The summed E-state index contributed by atoms with van der Waals surface area (Å²) in [6.45, 7) is 1.57. The third kappa shape index (κ3) is 6.40. The van der Waals surface area contributed by atoms with E-state index in [1.807, 2.05) is 7.05 Å². The number of alkyl halides is 3. The topological polar surface area (TPSA) is 114 Å². The van der Waals surface area contributed by atoms with E-state index in [9.17, 15) is 27.9 Å². The van der Waals surface area contributed by atoms with Crippen LogP contribution in [0.25, 0.3) is 17.1 Å². The second-order valence-electron chi connectivity index (χ2n) is 10.0. The number of benzene rings is 2. The molecule has 1 N–H and O–H groups in total. The van der Waals surface area contributed by atoms with Gasteiger partial charge in [0.1, 0.15) is 12.9 Å². The molecule has 222 valence electrons. The van der Waals surface area contributed by atoms with Gasteiger partial charge >= 0.3 is 11.9 Å². The van der Waals surface area contributed by atoms with E-state index in [1.165, 1.54) is 35.3 Å². The molecule has 2 aromatic heterocycles. The highest BCUT2D eigenvalue weighted by Gasteiger charge is 2.39. The van der Waals surface area contributed by atoms with Crippen LogP contribution >= 0.6 is 11.6 Å². The summed E-state index contributed by atoms with van der Waals surface area (Å²) >= 11 is 5.94. The Kier molecular flexibility index (Phi) is 8.48. The van der Waals surface area contributed by atoms with Crippen LogP contribution in [0.3, 0.4) is 0 Å². The lowest BCUT2D eigenvalue weighted by molar-refractivity contribution is -0.207. The fraction of sp³-hybridized carbons (Fsp3) is 0.370. The lowest BCUT2D eigenvalue weighted by Gasteiger charge is -2.21. The fourth-order valence-corrected chi connectivity index (χ4v) is 4.82. The van der Waals surface area contributed by atoms with Crippen LogP contribution < -0.4 is 5.69 Å². The van der Waals surface area contributed by atoms with Crippen LogP contribution in [0.1, 0.15) is 22.6 Å². The van der Waals surface area contributed by atoms with Gasteiger partial charge in [0.2, 0.25) is 0 Å². The SMILES string of the molecule is CN1CCCN(C(=O)c2ccccc2-n2cnc(Cn3nc(-c4ccc(Cl)cc4)n(C[C@H](O)C(F)(F)F)c3=O)n2)CC1. The summed E-state index contributed by atoms with van der Waals surface area (Å²) in [7, 11) is 2.02. The first-order chi connectivity index (χ1) is 20.0. The first-order valence-corrected chi connectivity index (χ1v) is 13.5. The Morgan fingerprint density at radius 2 is 1.79 bits per heavy atom. The van der Waals surface area contributed by atoms with Crippen molar-refractivity contribution in [2.75, 3.05) is 33.2 Å². The first-order valence-electron chi connectivity index (χ1n) is 13.2. The molecule has 1 atom stereocenters.